The maximum absolute atomic E-state index is 14.9. The molecule has 0 atom stereocenters. The predicted molar refractivity (Wildman–Crippen MR) is 104 cm³/mol. The number of benzene rings is 1. The van der Waals surface area contributed by atoms with Crippen LogP contribution in [0.15, 0.2) is 41.3 Å². The third-order valence-corrected chi connectivity index (χ3v) is 4.46. The van der Waals surface area contributed by atoms with Gasteiger partial charge in [-0.1, -0.05) is 6.07 Å². The smallest absolute Gasteiger partial charge is 0.326 e. The molecule has 0 fully saturated rings. The minimum atomic E-state index is -0.872. The summed E-state index contributed by atoms with van der Waals surface area (Å²) in [6.07, 6.45) is 1.53. The van der Waals surface area contributed by atoms with Crippen LogP contribution in [0, 0.1) is 25.5 Å². The van der Waals surface area contributed by atoms with E-state index in [0.717, 1.165) is 17.7 Å². The Kier molecular flexibility index (Phi) is 4.42. The first-order valence-corrected chi connectivity index (χ1v) is 8.63. The Bertz CT molecular complexity index is 1370. The average molecular weight is 395 g/mol. The number of aromatic hydroxyl groups is 1. The van der Waals surface area contributed by atoms with Crippen LogP contribution in [0.4, 0.5) is 8.78 Å². The predicted octanol–water partition coefficient (Wildman–Crippen LogP) is 3.59. The molecule has 0 spiro atoms. The van der Waals surface area contributed by atoms with Crippen molar-refractivity contribution in [1.82, 2.24) is 24.9 Å². The van der Waals surface area contributed by atoms with E-state index in [1.165, 1.54) is 18.3 Å². The molecule has 0 saturated heterocycles. The normalized spacial score (nSPS) is 11.0. The Morgan fingerprint density at radius 2 is 1.76 bits per heavy atom. The van der Waals surface area contributed by atoms with Crippen molar-refractivity contribution in [3.05, 3.63) is 69.9 Å². The van der Waals surface area contributed by atoms with Crippen molar-refractivity contribution in [3.8, 4) is 17.0 Å². The lowest BCUT2D eigenvalue weighted by atomic mass is 10.1. The molecule has 4 aromatic rings. The van der Waals surface area contributed by atoms with Crippen LogP contribution in [0.3, 0.4) is 0 Å². The fraction of sp³-hybridized carbons (Fsp3) is 0.100. The standard InChI is InChI=1S/C20H15F2N5O2/c1-9-6-7-23-19-16(9)24-10(2)11-8-13(22)17(25-18(11)26-20(29)27-19)15-12(21)4-3-5-14(15)28/h3-8,28H,1-2H3,(H2,23,25,26,27,29). The van der Waals surface area contributed by atoms with Crippen LogP contribution < -0.4 is 5.69 Å². The minimum Gasteiger partial charge on any atom is -0.507 e. The fourth-order valence-corrected chi connectivity index (χ4v) is 3.04. The van der Waals surface area contributed by atoms with Crippen molar-refractivity contribution in [2.75, 3.05) is 0 Å². The lowest BCUT2D eigenvalue weighted by Crippen LogP contribution is -2.08. The molecular formula is C20H15F2N5O2. The van der Waals surface area contributed by atoms with Gasteiger partial charge in [-0.25, -0.2) is 28.5 Å². The van der Waals surface area contributed by atoms with Gasteiger partial charge in [0.15, 0.2) is 11.5 Å². The minimum absolute atomic E-state index is 0.0340. The summed E-state index contributed by atoms with van der Waals surface area (Å²) in [4.78, 5) is 30.2. The van der Waals surface area contributed by atoms with Crippen molar-refractivity contribution in [3.63, 3.8) is 0 Å². The molecule has 0 aliphatic carbocycles. The van der Waals surface area contributed by atoms with Crippen molar-refractivity contribution in [2.24, 2.45) is 0 Å². The van der Waals surface area contributed by atoms with Gasteiger partial charge in [-0.05, 0) is 43.7 Å². The van der Waals surface area contributed by atoms with Crippen LogP contribution in [-0.4, -0.2) is 30.0 Å². The van der Waals surface area contributed by atoms with Crippen LogP contribution in [-0.2, 0) is 0 Å². The van der Waals surface area contributed by atoms with E-state index in [2.05, 4.69) is 24.9 Å². The molecule has 7 nitrogen and oxygen atoms in total. The number of hydrogen-bond donors (Lipinski definition) is 3. The Hall–Kier alpha value is -3.88. The number of fused-ring (bicyclic) bond motifs is 2. The number of H-pyrrole nitrogens is 2. The van der Waals surface area contributed by atoms with Crippen LogP contribution >= 0.6 is 0 Å². The maximum atomic E-state index is 14.9. The molecule has 1 aromatic carbocycles. The number of nitrogens with zero attached hydrogens (tertiary/aromatic N) is 3. The first-order valence-electron chi connectivity index (χ1n) is 8.63. The van der Waals surface area contributed by atoms with Crippen LogP contribution in [0.5, 0.6) is 5.75 Å². The highest BCUT2D eigenvalue weighted by Crippen LogP contribution is 2.33. The molecule has 0 saturated carbocycles. The zero-order valence-electron chi connectivity index (χ0n) is 15.4. The molecule has 146 valence electrons. The van der Waals surface area contributed by atoms with Crippen molar-refractivity contribution in [1.29, 1.82) is 0 Å². The second-order valence-electron chi connectivity index (χ2n) is 6.45. The third-order valence-electron chi connectivity index (χ3n) is 4.46. The van der Waals surface area contributed by atoms with Crippen LogP contribution in [0.2, 0.25) is 0 Å². The number of nitrogens with one attached hydrogen (secondary N) is 2. The zero-order chi connectivity index (χ0) is 20.7. The average Bonchev–Trinajstić information content (AvgIpc) is 2.70. The SMILES string of the molecule is Cc1nc2c(C)ccnc2[nH]c(=O)[nH]c2nc(-c3c(O)cccc3F)c(F)cc12. The summed E-state index contributed by atoms with van der Waals surface area (Å²) in [6, 6.07) is 6.42. The number of halogens is 2. The van der Waals surface area contributed by atoms with E-state index in [0.29, 0.717) is 11.2 Å². The molecule has 3 N–H and O–H groups in total. The number of phenols is 1. The summed E-state index contributed by atoms with van der Waals surface area (Å²) in [6.45, 7) is 3.44. The van der Waals surface area contributed by atoms with E-state index in [-0.39, 0.29) is 16.7 Å². The van der Waals surface area contributed by atoms with Gasteiger partial charge in [-0.2, -0.15) is 0 Å². The quantitative estimate of drug-likeness (QED) is 0.457. The number of phenolic OH excluding ortho intramolecular Hbond substituents is 1. The number of pyridine rings is 2. The number of aromatic nitrogens is 5. The molecule has 29 heavy (non-hydrogen) atoms. The molecule has 0 bridgehead atoms. The molecule has 9 heteroatoms. The summed E-state index contributed by atoms with van der Waals surface area (Å²) in [5.74, 6) is -2.19. The Labute approximate surface area is 162 Å². The Balaban J connectivity index is 2.17. The van der Waals surface area contributed by atoms with Gasteiger partial charge >= 0.3 is 5.69 Å². The topological polar surface area (TPSA) is 108 Å². The van der Waals surface area contributed by atoms with E-state index >= 15 is 0 Å². The number of aryl methyl sites for hydroxylation is 2. The van der Waals surface area contributed by atoms with Crippen LogP contribution in [0.25, 0.3) is 33.5 Å². The molecule has 0 aliphatic heterocycles. The van der Waals surface area contributed by atoms with Gasteiger partial charge in [0, 0.05) is 17.3 Å². The van der Waals surface area contributed by atoms with Gasteiger partial charge in [0.1, 0.15) is 28.4 Å². The molecule has 3 aromatic heterocycles. The summed E-state index contributed by atoms with van der Waals surface area (Å²) in [7, 11) is 0. The second kappa shape index (κ2) is 6.93. The lowest BCUT2D eigenvalue weighted by Gasteiger charge is -2.08. The highest BCUT2D eigenvalue weighted by Gasteiger charge is 2.18. The van der Waals surface area contributed by atoms with Crippen molar-refractivity contribution >= 4 is 22.2 Å². The molecule has 4 rings (SSSR count). The molecule has 3 heterocycles. The fourth-order valence-electron chi connectivity index (χ4n) is 3.04. The Morgan fingerprint density at radius 3 is 2.52 bits per heavy atom. The summed E-state index contributed by atoms with van der Waals surface area (Å²) >= 11 is 0. The number of hydrogen-bond acceptors (Lipinski definition) is 5. The monoisotopic (exact) mass is 395 g/mol. The maximum Gasteiger partial charge on any atom is 0.326 e. The molecule has 0 unspecified atom stereocenters. The zero-order valence-corrected chi connectivity index (χ0v) is 15.4. The summed E-state index contributed by atoms with van der Waals surface area (Å²) in [5.41, 5.74) is 0.276. The van der Waals surface area contributed by atoms with Gasteiger partial charge in [0.2, 0.25) is 0 Å². The first-order chi connectivity index (χ1) is 13.8. The Morgan fingerprint density at radius 1 is 1.00 bits per heavy atom. The first kappa shape index (κ1) is 18.5. The summed E-state index contributed by atoms with van der Waals surface area (Å²) < 4.78 is 29.1. The van der Waals surface area contributed by atoms with E-state index in [4.69, 9.17) is 0 Å². The highest BCUT2D eigenvalue weighted by molar-refractivity contribution is 5.82. The van der Waals surface area contributed by atoms with E-state index in [9.17, 15) is 18.7 Å². The van der Waals surface area contributed by atoms with E-state index in [1.54, 1.807) is 19.9 Å². The second-order valence-corrected chi connectivity index (χ2v) is 6.45. The summed E-state index contributed by atoms with van der Waals surface area (Å²) in [5, 5.41) is 10.2. The van der Waals surface area contributed by atoms with E-state index < -0.39 is 34.3 Å². The molecular weight excluding hydrogens is 380 g/mol. The van der Waals surface area contributed by atoms with Gasteiger partial charge in [-0.15, -0.1) is 0 Å². The largest absolute Gasteiger partial charge is 0.507 e. The van der Waals surface area contributed by atoms with Crippen molar-refractivity contribution in [2.45, 2.75) is 13.8 Å². The van der Waals surface area contributed by atoms with Crippen LogP contribution in [0.1, 0.15) is 11.3 Å². The van der Waals surface area contributed by atoms with Gasteiger partial charge in [0.25, 0.3) is 0 Å². The van der Waals surface area contributed by atoms with Gasteiger partial charge in [-0.3, -0.25) is 9.97 Å². The number of rotatable bonds is 1. The number of aromatic amines is 2. The van der Waals surface area contributed by atoms with Crippen molar-refractivity contribution < 1.29 is 13.9 Å². The third kappa shape index (κ3) is 3.27. The highest BCUT2D eigenvalue weighted by atomic mass is 19.1. The lowest BCUT2D eigenvalue weighted by molar-refractivity contribution is 0.470. The van der Waals surface area contributed by atoms with Gasteiger partial charge in [0.05, 0.1) is 5.56 Å². The molecule has 0 aliphatic rings. The molecule has 0 amide bonds. The molecule has 0 radical (unpaired) electrons. The van der Waals surface area contributed by atoms with E-state index in [1.807, 2.05) is 0 Å². The van der Waals surface area contributed by atoms with Gasteiger partial charge < -0.3 is 5.11 Å².